The summed E-state index contributed by atoms with van der Waals surface area (Å²) >= 11 is 0. The minimum atomic E-state index is -0.305. The van der Waals surface area contributed by atoms with E-state index in [1.165, 1.54) is 11.9 Å². The first-order valence-corrected chi connectivity index (χ1v) is 6.37. The van der Waals surface area contributed by atoms with Crippen molar-refractivity contribution < 1.29 is 5.11 Å². The third-order valence-electron chi connectivity index (χ3n) is 2.96. The van der Waals surface area contributed by atoms with Crippen molar-refractivity contribution in [3.05, 3.63) is 42.0 Å². The van der Waals surface area contributed by atoms with Gasteiger partial charge in [-0.1, -0.05) is 12.1 Å². The van der Waals surface area contributed by atoms with Gasteiger partial charge in [0, 0.05) is 13.1 Å². The fourth-order valence-electron chi connectivity index (χ4n) is 2.23. The first-order chi connectivity index (χ1) is 9.06. The van der Waals surface area contributed by atoms with E-state index in [0.717, 1.165) is 17.8 Å². The standard InChI is InChI=1S/C14H20N4O/c1-11-6-13(8-17(3)7-12(2)19)4-5-14(11)18-10-15-9-16-18/h4-6,9-10,12,19H,7-8H2,1-3H3/t12-/m0/s1. The molecule has 5 heteroatoms. The molecule has 0 fully saturated rings. The van der Waals surface area contributed by atoms with Crippen molar-refractivity contribution in [1.29, 1.82) is 0 Å². The number of aliphatic hydroxyl groups excluding tert-OH is 1. The molecule has 0 spiro atoms. The maximum atomic E-state index is 9.36. The molecule has 1 atom stereocenters. The predicted octanol–water partition coefficient (Wildman–Crippen LogP) is 1.39. The van der Waals surface area contributed by atoms with Gasteiger partial charge in [-0.05, 0) is 38.1 Å². The Labute approximate surface area is 113 Å². The van der Waals surface area contributed by atoms with E-state index < -0.39 is 0 Å². The SMILES string of the molecule is Cc1cc(CN(C)C[C@H](C)O)ccc1-n1cncn1. The summed E-state index contributed by atoms with van der Waals surface area (Å²) < 4.78 is 1.76. The molecule has 0 aliphatic rings. The first kappa shape index (κ1) is 13.7. The van der Waals surface area contributed by atoms with Crippen LogP contribution in [0.25, 0.3) is 5.69 Å². The van der Waals surface area contributed by atoms with Gasteiger partial charge >= 0.3 is 0 Å². The molecule has 0 unspecified atom stereocenters. The summed E-state index contributed by atoms with van der Waals surface area (Å²) in [6.45, 7) is 5.36. The summed E-state index contributed by atoms with van der Waals surface area (Å²) in [4.78, 5) is 6.06. The summed E-state index contributed by atoms with van der Waals surface area (Å²) in [6.07, 6.45) is 2.92. The van der Waals surface area contributed by atoms with Crippen LogP contribution >= 0.6 is 0 Å². The van der Waals surface area contributed by atoms with Crippen LogP contribution < -0.4 is 0 Å². The molecule has 5 nitrogen and oxygen atoms in total. The van der Waals surface area contributed by atoms with Crippen molar-refractivity contribution in [3.8, 4) is 5.69 Å². The van der Waals surface area contributed by atoms with E-state index in [4.69, 9.17) is 0 Å². The number of rotatable bonds is 5. The second kappa shape index (κ2) is 5.95. The maximum Gasteiger partial charge on any atom is 0.138 e. The summed E-state index contributed by atoms with van der Waals surface area (Å²) in [5.74, 6) is 0. The highest BCUT2D eigenvalue weighted by Crippen LogP contribution is 2.15. The Morgan fingerprint density at radius 2 is 2.21 bits per heavy atom. The number of hydrogen-bond acceptors (Lipinski definition) is 4. The van der Waals surface area contributed by atoms with Crippen molar-refractivity contribution in [1.82, 2.24) is 19.7 Å². The van der Waals surface area contributed by atoms with Crippen molar-refractivity contribution in [2.24, 2.45) is 0 Å². The van der Waals surface area contributed by atoms with E-state index in [1.807, 2.05) is 7.05 Å². The van der Waals surface area contributed by atoms with E-state index in [2.05, 4.69) is 40.1 Å². The summed E-state index contributed by atoms with van der Waals surface area (Å²) in [5, 5.41) is 13.5. The molecule has 19 heavy (non-hydrogen) atoms. The minimum Gasteiger partial charge on any atom is -0.392 e. The van der Waals surface area contributed by atoms with Gasteiger partial charge in [0.15, 0.2) is 0 Å². The van der Waals surface area contributed by atoms with Crippen molar-refractivity contribution >= 4 is 0 Å². The molecule has 0 aliphatic carbocycles. The van der Waals surface area contributed by atoms with Crippen LogP contribution in [0.15, 0.2) is 30.9 Å². The molecule has 1 heterocycles. The summed E-state index contributed by atoms with van der Waals surface area (Å²) in [6, 6.07) is 6.29. The summed E-state index contributed by atoms with van der Waals surface area (Å²) in [7, 11) is 2.01. The summed E-state index contributed by atoms with van der Waals surface area (Å²) in [5.41, 5.74) is 3.43. The van der Waals surface area contributed by atoms with Crippen LogP contribution in [0.2, 0.25) is 0 Å². The first-order valence-electron chi connectivity index (χ1n) is 6.37. The van der Waals surface area contributed by atoms with E-state index in [0.29, 0.717) is 6.54 Å². The number of nitrogens with zero attached hydrogens (tertiary/aromatic N) is 4. The molecule has 1 aromatic heterocycles. The zero-order chi connectivity index (χ0) is 13.8. The molecule has 2 aromatic rings. The van der Waals surface area contributed by atoms with Gasteiger partial charge < -0.3 is 5.11 Å². The van der Waals surface area contributed by atoms with Crippen LogP contribution in [0, 0.1) is 6.92 Å². The molecule has 0 radical (unpaired) electrons. The number of aryl methyl sites for hydroxylation is 1. The van der Waals surface area contributed by atoms with Gasteiger partial charge in [0.05, 0.1) is 11.8 Å². The topological polar surface area (TPSA) is 54.2 Å². The molecule has 102 valence electrons. The molecule has 0 saturated carbocycles. The predicted molar refractivity (Wildman–Crippen MR) is 74.1 cm³/mol. The lowest BCUT2D eigenvalue weighted by atomic mass is 10.1. The molecular formula is C14H20N4O. The highest BCUT2D eigenvalue weighted by molar-refractivity contribution is 5.41. The van der Waals surface area contributed by atoms with Crippen LogP contribution in [0.3, 0.4) is 0 Å². The van der Waals surface area contributed by atoms with Gasteiger partial charge in [0.25, 0.3) is 0 Å². The van der Waals surface area contributed by atoms with E-state index in [9.17, 15) is 5.11 Å². The minimum absolute atomic E-state index is 0.305. The van der Waals surface area contributed by atoms with Crippen LogP contribution in [-0.4, -0.2) is 44.5 Å². The molecule has 1 N–H and O–H groups in total. The molecular weight excluding hydrogens is 240 g/mol. The Morgan fingerprint density at radius 3 is 2.79 bits per heavy atom. The third kappa shape index (κ3) is 3.62. The fourth-order valence-corrected chi connectivity index (χ4v) is 2.23. The average molecular weight is 260 g/mol. The Morgan fingerprint density at radius 1 is 1.42 bits per heavy atom. The van der Waals surface area contributed by atoms with Crippen LogP contribution in [-0.2, 0) is 6.54 Å². The third-order valence-corrected chi connectivity index (χ3v) is 2.96. The number of likely N-dealkylation sites (N-methyl/N-ethyl adjacent to an activating group) is 1. The lowest BCUT2D eigenvalue weighted by Crippen LogP contribution is -2.26. The van der Waals surface area contributed by atoms with E-state index in [1.54, 1.807) is 17.9 Å². The zero-order valence-electron chi connectivity index (χ0n) is 11.6. The van der Waals surface area contributed by atoms with Gasteiger partial charge in [-0.25, -0.2) is 9.67 Å². The zero-order valence-corrected chi connectivity index (χ0v) is 11.6. The van der Waals surface area contributed by atoms with Gasteiger partial charge in [0.2, 0.25) is 0 Å². The lowest BCUT2D eigenvalue weighted by molar-refractivity contribution is 0.138. The highest BCUT2D eigenvalue weighted by atomic mass is 16.3. The Balaban J connectivity index is 2.11. The number of aliphatic hydroxyl groups is 1. The highest BCUT2D eigenvalue weighted by Gasteiger charge is 2.07. The molecule has 0 amide bonds. The monoisotopic (exact) mass is 260 g/mol. The number of hydrogen-bond donors (Lipinski definition) is 1. The normalized spacial score (nSPS) is 12.9. The van der Waals surface area contributed by atoms with Crippen LogP contribution in [0.5, 0.6) is 0 Å². The van der Waals surface area contributed by atoms with Crippen molar-refractivity contribution in [2.75, 3.05) is 13.6 Å². The average Bonchev–Trinajstić information content (AvgIpc) is 2.81. The second-order valence-electron chi connectivity index (χ2n) is 5.01. The number of aromatic nitrogens is 3. The quantitative estimate of drug-likeness (QED) is 0.882. The second-order valence-corrected chi connectivity index (χ2v) is 5.01. The molecule has 2 rings (SSSR count). The van der Waals surface area contributed by atoms with Crippen LogP contribution in [0.1, 0.15) is 18.1 Å². The Bertz CT molecular complexity index is 522. The van der Waals surface area contributed by atoms with Crippen LogP contribution in [0.4, 0.5) is 0 Å². The van der Waals surface area contributed by atoms with Gasteiger partial charge in [-0.15, -0.1) is 0 Å². The Hall–Kier alpha value is -1.72. The largest absolute Gasteiger partial charge is 0.392 e. The molecule has 1 aromatic carbocycles. The van der Waals surface area contributed by atoms with Gasteiger partial charge in [-0.2, -0.15) is 5.10 Å². The Kier molecular flexibility index (Phi) is 4.29. The lowest BCUT2D eigenvalue weighted by Gasteiger charge is -2.19. The van der Waals surface area contributed by atoms with E-state index in [-0.39, 0.29) is 6.10 Å². The van der Waals surface area contributed by atoms with Crippen molar-refractivity contribution in [3.63, 3.8) is 0 Å². The van der Waals surface area contributed by atoms with E-state index >= 15 is 0 Å². The fraction of sp³-hybridized carbons (Fsp3) is 0.429. The smallest absolute Gasteiger partial charge is 0.138 e. The van der Waals surface area contributed by atoms with Crippen molar-refractivity contribution in [2.45, 2.75) is 26.5 Å². The van der Waals surface area contributed by atoms with Gasteiger partial charge in [-0.3, -0.25) is 4.90 Å². The molecule has 0 bridgehead atoms. The number of benzene rings is 1. The molecule has 0 aliphatic heterocycles. The van der Waals surface area contributed by atoms with Gasteiger partial charge in [0.1, 0.15) is 12.7 Å². The maximum absolute atomic E-state index is 9.36. The molecule has 0 saturated heterocycles.